The molecule has 0 fully saturated rings. The van der Waals surface area contributed by atoms with Crippen LogP contribution in [0.1, 0.15) is 46.5 Å². The molecule has 2 rings (SSSR count). The molecule has 166 valence electrons. The summed E-state index contributed by atoms with van der Waals surface area (Å²) in [4.78, 5) is 50.8. The van der Waals surface area contributed by atoms with E-state index in [-0.39, 0.29) is 30.4 Å². The Bertz CT molecular complexity index is 757. The predicted octanol–water partition coefficient (Wildman–Crippen LogP) is 2.81. The number of amides is 2. The zero-order valence-electron chi connectivity index (χ0n) is 17.5. The molecule has 0 aromatic carbocycles. The summed E-state index contributed by atoms with van der Waals surface area (Å²) in [6.45, 7) is 6.25. The van der Waals surface area contributed by atoms with Crippen LogP contribution in [-0.4, -0.2) is 68.9 Å². The standard InChI is InChI=1S/C20H28N2O6S2/c1-20(2,3)28-19(27)15-7-5-11-22(15)17(24)9-13-30-29-12-8-16(23)21-10-4-6-14(21)18(25)26/h6-7H,4-5,8-13H2,1-3H3,(H,25,26). The zero-order valence-corrected chi connectivity index (χ0v) is 19.1. The van der Waals surface area contributed by atoms with Crippen LogP contribution in [0.2, 0.25) is 0 Å². The fraction of sp³-hybridized carbons (Fsp3) is 0.600. The average molecular weight is 457 g/mol. The van der Waals surface area contributed by atoms with Crippen molar-refractivity contribution in [2.45, 2.75) is 52.1 Å². The van der Waals surface area contributed by atoms with Gasteiger partial charge in [-0.2, -0.15) is 0 Å². The Labute approximate surface area is 184 Å². The van der Waals surface area contributed by atoms with Gasteiger partial charge in [0.2, 0.25) is 11.8 Å². The maximum Gasteiger partial charge on any atom is 0.355 e. The summed E-state index contributed by atoms with van der Waals surface area (Å²) >= 11 is 0. The van der Waals surface area contributed by atoms with Gasteiger partial charge < -0.3 is 19.6 Å². The lowest BCUT2D eigenvalue weighted by Gasteiger charge is -2.24. The lowest BCUT2D eigenvalue weighted by Crippen LogP contribution is -2.34. The van der Waals surface area contributed by atoms with Crippen molar-refractivity contribution in [3.05, 3.63) is 23.5 Å². The van der Waals surface area contributed by atoms with Crippen LogP contribution in [0, 0.1) is 0 Å². The number of nitrogens with zero attached hydrogens (tertiary/aromatic N) is 2. The van der Waals surface area contributed by atoms with Gasteiger partial charge in [-0.1, -0.05) is 33.7 Å². The highest BCUT2D eigenvalue weighted by molar-refractivity contribution is 8.76. The Morgan fingerprint density at radius 2 is 1.40 bits per heavy atom. The third-order valence-electron chi connectivity index (χ3n) is 4.27. The largest absolute Gasteiger partial charge is 0.477 e. The molecule has 0 aliphatic carbocycles. The molecule has 0 bridgehead atoms. The molecule has 8 nitrogen and oxygen atoms in total. The second-order valence-electron chi connectivity index (χ2n) is 7.80. The molecule has 0 radical (unpaired) electrons. The summed E-state index contributed by atoms with van der Waals surface area (Å²) in [6.07, 6.45) is 5.02. The predicted molar refractivity (Wildman–Crippen MR) is 116 cm³/mol. The molecule has 0 aromatic rings. The van der Waals surface area contributed by atoms with Crippen molar-refractivity contribution < 1.29 is 29.0 Å². The minimum atomic E-state index is -1.08. The lowest BCUT2D eigenvalue weighted by atomic mass is 10.2. The smallest absolute Gasteiger partial charge is 0.355 e. The molecule has 0 aromatic heterocycles. The van der Waals surface area contributed by atoms with Crippen LogP contribution in [0.15, 0.2) is 23.5 Å². The first-order chi connectivity index (χ1) is 14.1. The fourth-order valence-electron chi connectivity index (χ4n) is 3.01. The lowest BCUT2D eigenvalue weighted by molar-refractivity contribution is -0.153. The van der Waals surface area contributed by atoms with E-state index in [0.717, 1.165) is 0 Å². The van der Waals surface area contributed by atoms with Gasteiger partial charge in [-0.3, -0.25) is 9.59 Å². The van der Waals surface area contributed by atoms with Crippen molar-refractivity contribution in [3.63, 3.8) is 0 Å². The molecule has 30 heavy (non-hydrogen) atoms. The molecule has 2 heterocycles. The summed E-state index contributed by atoms with van der Waals surface area (Å²) in [6, 6.07) is 0. The number of ether oxygens (including phenoxy) is 1. The number of rotatable bonds is 9. The summed E-state index contributed by atoms with van der Waals surface area (Å²) in [5.41, 5.74) is -0.247. The van der Waals surface area contributed by atoms with Gasteiger partial charge in [-0.25, -0.2) is 9.59 Å². The first-order valence-electron chi connectivity index (χ1n) is 9.82. The summed E-state index contributed by atoms with van der Waals surface area (Å²) < 4.78 is 5.36. The van der Waals surface area contributed by atoms with Crippen LogP contribution in [0.5, 0.6) is 0 Å². The van der Waals surface area contributed by atoms with Crippen LogP contribution < -0.4 is 0 Å². The first-order valence-corrected chi connectivity index (χ1v) is 12.3. The van der Waals surface area contributed by atoms with Gasteiger partial charge in [0.15, 0.2) is 0 Å². The number of carboxylic acid groups (broad SMARTS) is 1. The topological polar surface area (TPSA) is 104 Å². The van der Waals surface area contributed by atoms with Crippen molar-refractivity contribution >= 4 is 45.3 Å². The monoisotopic (exact) mass is 456 g/mol. The van der Waals surface area contributed by atoms with Crippen LogP contribution >= 0.6 is 21.6 Å². The fourth-order valence-corrected chi connectivity index (χ4v) is 4.97. The molecule has 10 heteroatoms. The highest BCUT2D eigenvalue weighted by Crippen LogP contribution is 2.26. The maximum absolute atomic E-state index is 12.5. The molecular formula is C20H28N2O6S2. The SMILES string of the molecule is CC(C)(C)OC(=O)C1=CCCN1C(=O)CCSSCCC(=O)N1CCC=C1C(=O)O. The second kappa shape index (κ2) is 10.9. The van der Waals surface area contributed by atoms with E-state index in [1.807, 2.05) is 0 Å². The van der Waals surface area contributed by atoms with Crippen molar-refractivity contribution in [2.24, 2.45) is 0 Å². The highest BCUT2D eigenvalue weighted by Gasteiger charge is 2.30. The third-order valence-corrected chi connectivity index (χ3v) is 6.68. The van der Waals surface area contributed by atoms with Gasteiger partial charge >= 0.3 is 11.9 Å². The Hall–Kier alpha value is -1.94. The van der Waals surface area contributed by atoms with Crippen molar-refractivity contribution in [1.29, 1.82) is 0 Å². The molecule has 0 atom stereocenters. The second-order valence-corrected chi connectivity index (χ2v) is 10.5. The van der Waals surface area contributed by atoms with E-state index in [1.54, 1.807) is 32.9 Å². The number of carboxylic acids is 1. The average Bonchev–Trinajstić information content (AvgIpc) is 3.32. The van der Waals surface area contributed by atoms with Crippen molar-refractivity contribution in [3.8, 4) is 0 Å². The van der Waals surface area contributed by atoms with E-state index in [9.17, 15) is 19.2 Å². The van der Waals surface area contributed by atoms with E-state index in [2.05, 4.69) is 0 Å². The number of hydrogen-bond acceptors (Lipinski definition) is 7. The molecular weight excluding hydrogens is 428 g/mol. The molecule has 0 spiro atoms. The Balaban J connectivity index is 1.66. The van der Waals surface area contributed by atoms with Gasteiger partial charge in [0.05, 0.1) is 0 Å². The Kier molecular flexibility index (Phi) is 8.84. The highest BCUT2D eigenvalue weighted by atomic mass is 33.1. The van der Waals surface area contributed by atoms with Crippen LogP contribution in [0.3, 0.4) is 0 Å². The normalized spacial score (nSPS) is 16.4. The molecule has 1 N–H and O–H groups in total. The van der Waals surface area contributed by atoms with Crippen LogP contribution in [-0.2, 0) is 23.9 Å². The number of hydrogen-bond donors (Lipinski definition) is 1. The minimum absolute atomic E-state index is 0.0581. The van der Waals surface area contributed by atoms with E-state index < -0.39 is 17.5 Å². The first kappa shape index (κ1) is 24.3. The minimum Gasteiger partial charge on any atom is -0.477 e. The van der Waals surface area contributed by atoms with Crippen molar-refractivity contribution in [1.82, 2.24) is 9.80 Å². The molecule has 0 unspecified atom stereocenters. The number of esters is 1. The summed E-state index contributed by atoms with van der Waals surface area (Å²) in [5.74, 6) is -0.793. The van der Waals surface area contributed by atoms with Gasteiger partial charge in [0.25, 0.3) is 0 Å². The maximum atomic E-state index is 12.5. The van der Waals surface area contributed by atoms with Gasteiger partial charge in [0, 0.05) is 37.4 Å². The summed E-state index contributed by atoms with van der Waals surface area (Å²) in [5, 5.41) is 9.08. The molecule has 2 aliphatic heterocycles. The van der Waals surface area contributed by atoms with E-state index >= 15 is 0 Å². The Morgan fingerprint density at radius 3 is 1.87 bits per heavy atom. The van der Waals surface area contributed by atoms with E-state index in [0.29, 0.717) is 43.1 Å². The quantitative estimate of drug-likeness (QED) is 0.321. The zero-order chi connectivity index (χ0) is 22.3. The van der Waals surface area contributed by atoms with Crippen LogP contribution in [0.25, 0.3) is 0 Å². The summed E-state index contributed by atoms with van der Waals surface area (Å²) in [7, 11) is 2.96. The third kappa shape index (κ3) is 7.09. The molecule has 2 aliphatic rings. The van der Waals surface area contributed by atoms with E-state index in [1.165, 1.54) is 31.4 Å². The van der Waals surface area contributed by atoms with E-state index in [4.69, 9.17) is 9.84 Å². The van der Waals surface area contributed by atoms with Crippen LogP contribution in [0.4, 0.5) is 0 Å². The number of carbonyl (C=O) groups is 4. The molecule has 0 saturated heterocycles. The van der Waals surface area contributed by atoms with Gasteiger partial charge in [-0.15, -0.1) is 0 Å². The number of carbonyl (C=O) groups excluding carboxylic acids is 3. The number of aliphatic carboxylic acids is 1. The van der Waals surface area contributed by atoms with Crippen molar-refractivity contribution in [2.75, 3.05) is 24.6 Å². The molecule has 2 amide bonds. The van der Waals surface area contributed by atoms with Gasteiger partial charge in [-0.05, 0) is 33.6 Å². The van der Waals surface area contributed by atoms with Gasteiger partial charge in [0.1, 0.15) is 17.0 Å². The molecule has 0 saturated carbocycles. The Morgan fingerprint density at radius 1 is 0.933 bits per heavy atom.